The van der Waals surface area contributed by atoms with E-state index in [-0.39, 0.29) is 5.56 Å². The molecule has 0 fully saturated rings. The minimum Gasteiger partial charge on any atom is -0.449 e. The molecule has 1 aromatic heterocycles. The van der Waals surface area contributed by atoms with E-state index in [4.69, 9.17) is 9.26 Å². The van der Waals surface area contributed by atoms with Crippen LogP contribution in [-0.4, -0.2) is 23.1 Å². The molecular formula is C18H22N2O4. The number of nitrogens with one attached hydrogen (secondary N) is 1. The van der Waals surface area contributed by atoms with Crippen LogP contribution in [-0.2, 0) is 9.53 Å². The molecule has 128 valence electrons. The highest BCUT2D eigenvalue weighted by Crippen LogP contribution is 2.18. The summed E-state index contributed by atoms with van der Waals surface area (Å²) in [5.74, 6) is -0.226. The fourth-order valence-electron chi connectivity index (χ4n) is 2.24. The van der Waals surface area contributed by atoms with E-state index in [9.17, 15) is 9.59 Å². The molecule has 0 aliphatic carbocycles. The normalized spacial score (nSPS) is 12.1. The number of anilines is 1. The van der Waals surface area contributed by atoms with Gasteiger partial charge in [-0.25, -0.2) is 4.79 Å². The fraction of sp³-hybridized carbons (Fsp3) is 0.389. The molecular weight excluding hydrogens is 308 g/mol. The van der Waals surface area contributed by atoms with E-state index < -0.39 is 18.0 Å². The lowest BCUT2D eigenvalue weighted by molar-refractivity contribution is -0.123. The van der Waals surface area contributed by atoms with Gasteiger partial charge in [-0.15, -0.1) is 0 Å². The van der Waals surface area contributed by atoms with Crippen LogP contribution in [0.2, 0.25) is 0 Å². The number of hydrogen-bond acceptors (Lipinski definition) is 5. The Morgan fingerprint density at radius 1 is 1.12 bits per heavy atom. The first kappa shape index (κ1) is 17.7. The van der Waals surface area contributed by atoms with Gasteiger partial charge in [0.1, 0.15) is 11.3 Å². The van der Waals surface area contributed by atoms with E-state index in [1.165, 1.54) is 12.5 Å². The molecule has 0 radical (unpaired) electrons. The Labute approximate surface area is 141 Å². The summed E-state index contributed by atoms with van der Waals surface area (Å²) < 4.78 is 10.1. The average molecular weight is 330 g/mol. The Kier molecular flexibility index (Phi) is 5.39. The number of rotatable bonds is 5. The maximum Gasteiger partial charge on any atom is 0.344 e. The van der Waals surface area contributed by atoms with Crippen molar-refractivity contribution in [3.63, 3.8) is 0 Å². The molecule has 1 aromatic carbocycles. The number of aromatic nitrogens is 1. The Bertz CT molecular complexity index is 712. The van der Waals surface area contributed by atoms with Crippen molar-refractivity contribution >= 4 is 17.6 Å². The van der Waals surface area contributed by atoms with Crippen molar-refractivity contribution in [1.29, 1.82) is 0 Å². The molecule has 6 nitrogen and oxygen atoms in total. The van der Waals surface area contributed by atoms with Gasteiger partial charge >= 0.3 is 5.97 Å². The zero-order valence-corrected chi connectivity index (χ0v) is 14.5. The van der Waals surface area contributed by atoms with Crippen LogP contribution in [0.5, 0.6) is 0 Å². The van der Waals surface area contributed by atoms with Gasteiger partial charge in [0.2, 0.25) is 0 Å². The Morgan fingerprint density at radius 3 is 2.25 bits per heavy atom. The lowest BCUT2D eigenvalue weighted by Crippen LogP contribution is -2.30. The van der Waals surface area contributed by atoms with Gasteiger partial charge < -0.3 is 14.6 Å². The van der Waals surface area contributed by atoms with Crippen LogP contribution >= 0.6 is 0 Å². The third-order valence-electron chi connectivity index (χ3n) is 3.74. The first-order chi connectivity index (χ1) is 11.3. The summed E-state index contributed by atoms with van der Waals surface area (Å²) in [6.07, 6.45) is -0.934. The van der Waals surface area contributed by atoms with Gasteiger partial charge in [0.05, 0.1) is 5.69 Å². The van der Waals surface area contributed by atoms with E-state index in [0.29, 0.717) is 23.1 Å². The van der Waals surface area contributed by atoms with Gasteiger partial charge in [-0.2, -0.15) is 0 Å². The van der Waals surface area contributed by atoms with Crippen molar-refractivity contribution in [3.05, 3.63) is 46.8 Å². The first-order valence-electron chi connectivity index (χ1n) is 7.84. The topological polar surface area (TPSA) is 81.4 Å². The van der Waals surface area contributed by atoms with E-state index in [2.05, 4.69) is 24.3 Å². The van der Waals surface area contributed by atoms with Gasteiger partial charge in [-0.1, -0.05) is 31.1 Å². The second kappa shape index (κ2) is 7.29. The highest BCUT2D eigenvalue weighted by Gasteiger charge is 2.24. The van der Waals surface area contributed by atoms with E-state index in [0.717, 1.165) is 0 Å². The van der Waals surface area contributed by atoms with Crippen LogP contribution < -0.4 is 5.32 Å². The van der Waals surface area contributed by atoms with Crippen LogP contribution in [0.3, 0.4) is 0 Å². The number of hydrogen-bond donors (Lipinski definition) is 1. The highest BCUT2D eigenvalue weighted by molar-refractivity contribution is 5.97. The summed E-state index contributed by atoms with van der Waals surface area (Å²) in [5, 5.41) is 6.44. The van der Waals surface area contributed by atoms with Crippen LogP contribution in [0.1, 0.15) is 54.1 Å². The largest absolute Gasteiger partial charge is 0.449 e. The molecule has 2 aromatic rings. The van der Waals surface area contributed by atoms with Crippen LogP contribution in [0.15, 0.2) is 28.8 Å². The molecule has 2 rings (SSSR count). The van der Waals surface area contributed by atoms with E-state index in [1.54, 1.807) is 13.8 Å². The van der Waals surface area contributed by atoms with E-state index >= 15 is 0 Å². The molecule has 0 saturated carbocycles. The van der Waals surface area contributed by atoms with Gasteiger partial charge in [-0.3, -0.25) is 4.79 Å². The summed E-state index contributed by atoms with van der Waals surface area (Å²) in [7, 11) is 0. The SMILES string of the molecule is Cc1noc(C)c1C(=O)O[C@H](C)C(=O)Nc1ccc(C(C)C)cc1. The number of ether oxygens (including phenoxy) is 1. The lowest BCUT2D eigenvalue weighted by atomic mass is 10.0. The lowest BCUT2D eigenvalue weighted by Gasteiger charge is -2.14. The summed E-state index contributed by atoms with van der Waals surface area (Å²) in [6.45, 7) is 8.99. The van der Waals surface area contributed by atoms with Crippen LogP contribution in [0.25, 0.3) is 0 Å². The molecule has 1 heterocycles. The molecule has 0 bridgehead atoms. The first-order valence-corrected chi connectivity index (χ1v) is 7.84. The van der Waals surface area contributed by atoms with Gasteiger partial charge in [-0.05, 0) is 44.4 Å². The number of esters is 1. The molecule has 0 unspecified atom stereocenters. The Hall–Kier alpha value is -2.63. The van der Waals surface area contributed by atoms with Crippen molar-refractivity contribution in [3.8, 4) is 0 Å². The minimum atomic E-state index is -0.934. The number of nitrogens with zero attached hydrogens (tertiary/aromatic N) is 1. The molecule has 1 N–H and O–H groups in total. The van der Waals surface area contributed by atoms with Gasteiger partial charge in [0, 0.05) is 5.69 Å². The van der Waals surface area contributed by atoms with Crippen molar-refractivity contribution in [2.24, 2.45) is 0 Å². The Balaban J connectivity index is 1.98. The second-order valence-corrected chi connectivity index (χ2v) is 6.01. The van der Waals surface area contributed by atoms with Crippen molar-refractivity contribution in [1.82, 2.24) is 5.16 Å². The van der Waals surface area contributed by atoms with Crippen molar-refractivity contribution in [2.75, 3.05) is 5.32 Å². The standard InChI is InChI=1S/C18H22N2O4/c1-10(2)14-6-8-15(9-7-14)19-17(21)13(5)23-18(22)16-11(3)20-24-12(16)4/h6-10,13H,1-5H3,(H,19,21)/t13-/m1/s1. The van der Waals surface area contributed by atoms with E-state index in [1.807, 2.05) is 24.3 Å². The summed E-state index contributed by atoms with van der Waals surface area (Å²) >= 11 is 0. The second-order valence-electron chi connectivity index (χ2n) is 6.01. The molecule has 6 heteroatoms. The maximum atomic E-state index is 12.2. The van der Waals surface area contributed by atoms with Crippen molar-refractivity contribution < 1.29 is 18.8 Å². The number of benzene rings is 1. The molecule has 0 aliphatic heterocycles. The highest BCUT2D eigenvalue weighted by atomic mass is 16.5. The summed E-state index contributed by atoms with van der Waals surface area (Å²) in [5.41, 5.74) is 2.54. The molecule has 0 aliphatic rings. The minimum absolute atomic E-state index is 0.260. The number of amides is 1. The average Bonchev–Trinajstić information content (AvgIpc) is 2.86. The predicted molar refractivity (Wildman–Crippen MR) is 90.0 cm³/mol. The molecule has 24 heavy (non-hydrogen) atoms. The predicted octanol–water partition coefficient (Wildman–Crippen LogP) is 3.60. The fourth-order valence-corrected chi connectivity index (χ4v) is 2.24. The smallest absolute Gasteiger partial charge is 0.344 e. The third-order valence-corrected chi connectivity index (χ3v) is 3.74. The third kappa shape index (κ3) is 4.01. The van der Waals surface area contributed by atoms with Crippen molar-refractivity contribution in [2.45, 2.75) is 46.6 Å². The summed E-state index contributed by atoms with van der Waals surface area (Å²) in [6, 6.07) is 7.58. The Morgan fingerprint density at radius 2 is 1.75 bits per heavy atom. The number of carbonyl (C=O) groups is 2. The zero-order valence-electron chi connectivity index (χ0n) is 14.5. The maximum absolute atomic E-state index is 12.2. The monoisotopic (exact) mass is 330 g/mol. The number of carbonyl (C=O) groups excluding carboxylic acids is 2. The quantitative estimate of drug-likeness (QED) is 0.847. The number of aryl methyl sites for hydroxylation is 2. The molecule has 0 saturated heterocycles. The summed E-state index contributed by atoms with van der Waals surface area (Å²) in [4.78, 5) is 24.3. The molecule has 0 spiro atoms. The zero-order chi connectivity index (χ0) is 17.9. The van der Waals surface area contributed by atoms with Gasteiger partial charge in [0.15, 0.2) is 6.10 Å². The van der Waals surface area contributed by atoms with Crippen LogP contribution in [0.4, 0.5) is 5.69 Å². The van der Waals surface area contributed by atoms with Crippen LogP contribution in [0, 0.1) is 13.8 Å². The molecule has 1 amide bonds. The van der Waals surface area contributed by atoms with Gasteiger partial charge in [0.25, 0.3) is 5.91 Å². The molecule has 1 atom stereocenters.